The van der Waals surface area contributed by atoms with E-state index < -0.39 is 0 Å². The third-order valence-electron chi connectivity index (χ3n) is 4.90. The van der Waals surface area contributed by atoms with Crippen LogP contribution in [0, 0.1) is 0 Å². The van der Waals surface area contributed by atoms with Crippen molar-refractivity contribution in [2.45, 2.75) is 44.4 Å². The van der Waals surface area contributed by atoms with Gasteiger partial charge in [0.2, 0.25) is 5.89 Å². The van der Waals surface area contributed by atoms with Gasteiger partial charge in [0.05, 0.1) is 0 Å². The minimum atomic E-state index is 0.527. The van der Waals surface area contributed by atoms with Gasteiger partial charge in [0, 0.05) is 12.8 Å². The summed E-state index contributed by atoms with van der Waals surface area (Å²) in [5.74, 6) is 2.15. The number of aromatic nitrogens is 2. The van der Waals surface area contributed by atoms with Crippen LogP contribution in [-0.4, -0.2) is 10.1 Å². The lowest BCUT2D eigenvalue weighted by Gasteiger charge is -2.07. The van der Waals surface area contributed by atoms with Crippen molar-refractivity contribution in [2.75, 3.05) is 0 Å². The van der Waals surface area contributed by atoms with Gasteiger partial charge in [-0.15, -0.1) is 0 Å². The van der Waals surface area contributed by atoms with Crippen molar-refractivity contribution in [1.82, 2.24) is 10.1 Å². The quantitative estimate of drug-likeness (QED) is 0.671. The summed E-state index contributed by atoms with van der Waals surface area (Å²) in [6.07, 6.45) is 6.20. The van der Waals surface area contributed by atoms with Gasteiger partial charge >= 0.3 is 0 Å². The summed E-state index contributed by atoms with van der Waals surface area (Å²) < 4.78 is 5.48. The van der Waals surface area contributed by atoms with E-state index >= 15 is 0 Å². The van der Waals surface area contributed by atoms with Crippen molar-refractivity contribution in [3.05, 3.63) is 83.0 Å². The van der Waals surface area contributed by atoms with Gasteiger partial charge in [-0.25, -0.2) is 0 Å². The summed E-state index contributed by atoms with van der Waals surface area (Å²) in [5, 5.41) is 4.16. The summed E-state index contributed by atoms with van der Waals surface area (Å²) in [6, 6.07) is 19.3. The summed E-state index contributed by atoms with van der Waals surface area (Å²) in [6.45, 7) is 0. The lowest BCUT2D eigenvalue weighted by Crippen LogP contribution is -1.99. The molecule has 1 aliphatic carbocycles. The molecule has 0 fully saturated rings. The molecule has 3 heteroatoms. The fraction of sp³-hybridized carbons (Fsp3) is 0.333. The van der Waals surface area contributed by atoms with Crippen molar-refractivity contribution < 1.29 is 4.52 Å². The predicted molar refractivity (Wildman–Crippen MR) is 94.0 cm³/mol. The third-order valence-corrected chi connectivity index (χ3v) is 4.90. The van der Waals surface area contributed by atoms with E-state index in [1.165, 1.54) is 29.5 Å². The van der Waals surface area contributed by atoms with Crippen molar-refractivity contribution in [2.24, 2.45) is 0 Å². The molecule has 3 nitrogen and oxygen atoms in total. The van der Waals surface area contributed by atoms with Crippen LogP contribution >= 0.6 is 0 Å². The first-order chi connectivity index (χ1) is 11.9. The zero-order chi connectivity index (χ0) is 16.2. The van der Waals surface area contributed by atoms with E-state index in [4.69, 9.17) is 4.52 Å². The Kier molecular flexibility index (Phi) is 4.41. The monoisotopic (exact) mass is 318 g/mol. The van der Waals surface area contributed by atoms with Crippen LogP contribution in [-0.2, 0) is 25.7 Å². The zero-order valence-electron chi connectivity index (χ0n) is 13.8. The van der Waals surface area contributed by atoms with Crippen molar-refractivity contribution >= 4 is 0 Å². The molecule has 122 valence electrons. The molecule has 0 saturated carbocycles. The lowest BCUT2D eigenvalue weighted by molar-refractivity contribution is 0.363. The highest BCUT2D eigenvalue weighted by Crippen LogP contribution is 2.34. The van der Waals surface area contributed by atoms with Gasteiger partial charge in [0.1, 0.15) is 0 Å². The molecule has 1 aromatic heterocycles. The molecule has 0 bridgehead atoms. The average Bonchev–Trinajstić information content (AvgIpc) is 3.24. The van der Waals surface area contributed by atoms with Gasteiger partial charge in [0.25, 0.3) is 0 Å². The molecule has 0 N–H and O–H groups in total. The molecular formula is C21H22N2O. The molecule has 1 aliphatic rings. The number of benzene rings is 2. The standard InChI is InChI=1S/C21H22N2O/c1-2-7-16(8-3-1)9-6-12-20-22-21(24-23-20)15-18-14-13-17-10-4-5-11-19(17)18/h1-5,7-8,10-11,18H,6,9,12-15H2. The number of rotatable bonds is 6. The highest BCUT2D eigenvalue weighted by Gasteiger charge is 2.24. The first-order valence-corrected chi connectivity index (χ1v) is 8.81. The molecule has 2 aromatic carbocycles. The van der Waals surface area contributed by atoms with E-state index in [1.807, 2.05) is 0 Å². The third kappa shape index (κ3) is 3.40. The van der Waals surface area contributed by atoms with Gasteiger partial charge in [-0.05, 0) is 48.3 Å². The van der Waals surface area contributed by atoms with Crippen molar-refractivity contribution in [1.29, 1.82) is 0 Å². The molecule has 4 rings (SSSR count). The topological polar surface area (TPSA) is 38.9 Å². The van der Waals surface area contributed by atoms with Crippen LogP contribution in [0.2, 0.25) is 0 Å². The van der Waals surface area contributed by atoms with E-state index in [2.05, 4.69) is 64.7 Å². The first-order valence-electron chi connectivity index (χ1n) is 8.81. The molecule has 0 saturated heterocycles. The molecule has 24 heavy (non-hydrogen) atoms. The summed E-state index contributed by atoms with van der Waals surface area (Å²) in [5.41, 5.74) is 4.30. The maximum absolute atomic E-state index is 5.48. The van der Waals surface area contributed by atoms with Crippen LogP contribution in [0.3, 0.4) is 0 Å². The second-order valence-corrected chi connectivity index (χ2v) is 6.58. The molecule has 0 aliphatic heterocycles. The van der Waals surface area contributed by atoms with E-state index in [-0.39, 0.29) is 0 Å². The van der Waals surface area contributed by atoms with Crippen molar-refractivity contribution in [3.8, 4) is 0 Å². The molecule has 1 atom stereocenters. The molecule has 0 amide bonds. The molecule has 3 aromatic rings. The minimum absolute atomic E-state index is 0.527. The Hall–Kier alpha value is -2.42. The summed E-state index contributed by atoms with van der Waals surface area (Å²) in [7, 11) is 0. The van der Waals surface area contributed by atoms with Crippen LogP contribution in [0.15, 0.2) is 59.1 Å². The Balaban J connectivity index is 1.32. The molecule has 0 radical (unpaired) electrons. The first kappa shape index (κ1) is 15.1. The second kappa shape index (κ2) is 7.00. The van der Waals surface area contributed by atoms with Gasteiger partial charge in [-0.1, -0.05) is 59.8 Å². The maximum atomic E-state index is 5.48. The highest BCUT2D eigenvalue weighted by molar-refractivity contribution is 5.35. The van der Waals surface area contributed by atoms with Crippen LogP contribution < -0.4 is 0 Å². The number of hydrogen-bond donors (Lipinski definition) is 0. The SMILES string of the molecule is c1ccc(CCCc2noc(CC3CCc4ccccc43)n2)cc1. The second-order valence-electron chi connectivity index (χ2n) is 6.58. The Bertz CT molecular complexity index is 794. The number of nitrogens with zero attached hydrogens (tertiary/aromatic N) is 2. The van der Waals surface area contributed by atoms with Crippen LogP contribution in [0.1, 0.15) is 47.2 Å². The Labute approximate surface area is 142 Å². The van der Waals surface area contributed by atoms with Crippen molar-refractivity contribution in [3.63, 3.8) is 0 Å². The van der Waals surface area contributed by atoms with Crippen LogP contribution in [0.4, 0.5) is 0 Å². The molecule has 0 spiro atoms. The summed E-state index contributed by atoms with van der Waals surface area (Å²) in [4.78, 5) is 4.60. The molecule has 1 unspecified atom stereocenters. The number of hydrogen-bond acceptors (Lipinski definition) is 3. The maximum Gasteiger partial charge on any atom is 0.227 e. The van der Waals surface area contributed by atoms with E-state index in [0.29, 0.717) is 5.92 Å². The smallest absolute Gasteiger partial charge is 0.227 e. The summed E-state index contributed by atoms with van der Waals surface area (Å²) >= 11 is 0. The fourth-order valence-electron chi connectivity index (χ4n) is 3.64. The predicted octanol–water partition coefficient (Wildman–Crippen LogP) is 4.52. The van der Waals surface area contributed by atoms with Gasteiger partial charge < -0.3 is 4.52 Å². The zero-order valence-corrected chi connectivity index (χ0v) is 13.8. The largest absolute Gasteiger partial charge is 0.339 e. The Morgan fingerprint density at radius 2 is 1.79 bits per heavy atom. The fourth-order valence-corrected chi connectivity index (χ4v) is 3.64. The van der Waals surface area contributed by atoms with E-state index in [9.17, 15) is 0 Å². The normalized spacial score (nSPS) is 16.2. The number of fused-ring (bicyclic) bond motifs is 1. The van der Waals surface area contributed by atoms with Gasteiger partial charge in [0.15, 0.2) is 5.82 Å². The van der Waals surface area contributed by atoms with Crippen LogP contribution in [0.5, 0.6) is 0 Å². The molecular weight excluding hydrogens is 296 g/mol. The Morgan fingerprint density at radius 3 is 2.71 bits per heavy atom. The molecule has 1 heterocycles. The average molecular weight is 318 g/mol. The van der Waals surface area contributed by atoms with Gasteiger partial charge in [-0.3, -0.25) is 0 Å². The highest BCUT2D eigenvalue weighted by atomic mass is 16.5. The van der Waals surface area contributed by atoms with E-state index in [1.54, 1.807) is 0 Å². The Morgan fingerprint density at radius 1 is 0.958 bits per heavy atom. The number of aryl methyl sites for hydroxylation is 3. The van der Waals surface area contributed by atoms with E-state index in [0.717, 1.165) is 37.4 Å². The van der Waals surface area contributed by atoms with Crippen LogP contribution in [0.25, 0.3) is 0 Å². The van der Waals surface area contributed by atoms with Gasteiger partial charge in [-0.2, -0.15) is 4.98 Å². The minimum Gasteiger partial charge on any atom is -0.339 e. The lowest BCUT2D eigenvalue weighted by atomic mass is 9.98.